The number of sulfone groups is 1. The maximum absolute atomic E-state index is 11.6. The van der Waals surface area contributed by atoms with Gasteiger partial charge in [0, 0.05) is 24.9 Å². The molecule has 0 saturated heterocycles. The lowest BCUT2D eigenvalue weighted by Gasteiger charge is -2.11. The predicted octanol–water partition coefficient (Wildman–Crippen LogP) is 3.42. The number of nitro groups is 1. The molecule has 9 nitrogen and oxygen atoms in total. The van der Waals surface area contributed by atoms with Gasteiger partial charge in [0.1, 0.15) is 17.2 Å². The molecule has 0 aliphatic heterocycles. The molecule has 28 heavy (non-hydrogen) atoms. The molecule has 0 spiro atoms. The van der Waals surface area contributed by atoms with Crippen LogP contribution in [0.2, 0.25) is 5.02 Å². The summed E-state index contributed by atoms with van der Waals surface area (Å²) in [7, 11) is -2.17. The van der Waals surface area contributed by atoms with Gasteiger partial charge in [0.15, 0.2) is 9.84 Å². The lowest BCUT2D eigenvalue weighted by molar-refractivity contribution is -0.384. The number of nitrogens with zero attached hydrogens (tertiary/aromatic N) is 1. The third-order valence-corrected chi connectivity index (χ3v) is 5.00. The number of ether oxygens (including phenoxy) is 2. The molecule has 2 aromatic rings. The number of anilines is 1. The third-order valence-electron chi connectivity index (χ3n) is 3.60. The van der Waals surface area contributed by atoms with Crippen LogP contribution in [-0.4, -0.2) is 39.2 Å². The molecule has 150 valence electrons. The average Bonchev–Trinajstić information content (AvgIpc) is 2.62. The van der Waals surface area contributed by atoms with E-state index in [1.807, 2.05) is 0 Å². The molecule has 0 radical (unpaired) electrons. The SMILES string of the molecule is COC(=O)CCNc1cc(Oc2ccc(S(C)(=O)=O)cc2Cl)ccc1[N+](=O)[O-]. The van der Waals surface area contributed by atoms with Gasteiger partial charge in [-0.3, -0.25) is 14.9 Å². The molecule has 2 aromatic carbocycles. The zero-order chi connectivity index (χ0) is 20.9. The number of carbonyl (C=O) groups is 1. The third kappa shape index (κ3) is 5.57. The molecule has 0 saturated carbocycles. The Balaban J connectivity index is 2.25. The van der Waals surface area contributed by atoms with Gasteiger partial charge in [-0.2, -0.15) is 0 Å². The fourth-order valence-electron chi connectivity index (χ4n) is 2.20. The number of rotatable bonds is 8. The summed E-state index contributed by atoms with van der Waals surface area (Å²) in [4.78, 5) is 21.8. The van der Waals surface area contributed by atoms with Crippen molar-refractivity contribution in [3.63, 3.8) is 0 Å². The Morgan fingerprint density at radius 2 is 1.96 bits per heavy atom. The zero-order valence-electron chi connectivity index (χ0n) is 15.0. The number of nitrogens with one attached hydrogen (secondary N) is 1. The van der Waals surface area contributed by atoms with Crippen LogP contribution in [0.1, 0.15) is 6.42 Å². The summed E-state index contributed by atoms with van der Waals surface area (Å²) in [5, 5.41) is 14.1. The second kappa shape index (κ2) is 8.89. The van der Waals surface area contributed by atoms with E-state index in [9.17, 15) is 23.3 Å². The maximum atomic E-state index is 11.6. The van der Waals surface area contributed by atoms with Gasteiger partial charge in [-0.25, -0.2) is 8.42 Å². The molecule has 0 unspecified atom stereocenters. The van der Waals surface area contributed by atoms with E-state index in [4.69, 9.17) is 16.3 Å². The van der Waals surface area contributed by atoms with E-state index in [1.165, 1.54) is 43.5 Å². The molecule has 0 aliphatic carbocycles. The van der Waals surface area contributed by atoms with Gasteiger partial charge >= 0.3 is 5.97 Å². The first-order chi connectivity index (χ1) is 13.1. The van der Waals surface area contributed by atoms with Crippen molar-refractivity contribution in [3.05, 3.63) is 51.5 Å². The van der Waals surface area contributed by atoms with Crippen molar-refractivity contribution in [1.82, 2.24) is 0 Å². The molecular formula is C17H17ClN2O7S. The summed E-state index contributed by atoms with van der Waals surface area (Å²) in [6.45, 7) is 0.126. The first-order valence-electron chi connectivity index (χ1n) is 7.88. The quantitative estimate of drug-likeness (QED) is 0.385. The van der Waals surface area contributed by atoms with Gasteiger partial charge in [0.25, 0.3) is 5.69 Å². The summed E-state index contributed by atoms with van der Waals surface area (Å²) < 4.78 is 33.3. The summed E-state index contributed by atoms with van der Waals surface area (Å²) in [5.74, 6) is -0.0380. The maximum Gasteiger partial charge on any atom is 0.307 e. The summed E-state index contributed by atoms with van der Waals surface area (Å²) in [5.41, 5.74) is -0.0500. The van der Waals surface area contributed by atoms with E-state index >= 15 is 0 Å². The van der Waals surface area contributed by atoms with Crippen molar-refractivity contribution in [3.8, 4) is 11.5 Å². The topological polar surface area (TPSA) is 125 Å². The molecule has 11 heteroatoms. The molecule has 1 N–H and O–H groups in total. The van der Waals surface area contributed by atoms with Crippen LogP contribution < -0.4 is 10.1 Å². The number of carbonyl (C=O) groups excluding carboxylic acids is 1. The fraction of sp³-hybridized carbons (Fsp3) is 0.235. The van der Waals surface area contributed by atoms with E-state index in [1.54, 1.807) is 0 Å². The Morgan fingerprint density at radius 3 is 2.54 bits per heavy atom. The minimum Gasteiger partial charge on any atom is -0.469 e. The van der Waals surface area contributed by atoms with E-state index in [-0.39, 0.29) is 45.8 Å². The van der Waals surface area contributed by atoms with Crippen LogP contribution in [0.5, 0.6) is 11.5 Å². The van der Waals surface area contributed by atoms with Crippen molar-refractivity contribution in [2.45, 2.75) is 11.3 Å². The van der Waals surface area contributed by atoms with Gasteiger partial charge < -0.3 is 14.8 Å². The van der Waals surface area contributed by atoms with Crippen molar-refractivity contribution in [2.75, 3.05) is 25.2 Å². The molecule has 2 rings (SSSR count). The van der Waals surface area contributed by atoms with Gasteiger partial charge in [0.05, 0.1) is 28.4 Å². The minimum absolute atomic E-state index is 0.0253. The lowest BCUT2D eigenvalue weighted by Crippen LogP contribution is -2.10. The zero-order valence-corrected chi connectivity index (χ0v) is 16.5. The number of methoxy groups -OCH3 is 1. The number of nitro benzene ring substituents is 1. The predicted molar refractivity (Wildman–Crippen MR) is 103 cm³/mol. The summed E-state index contributed by atoms with van der Waals surface area (Å²) in [6.07, 6.45) is 1.08. The van der Waals surface area contributed by atoms with Gasteiger partial charge in [0.2, 0.25) is 0 Å². The number of hydrogen-bond acceptors (Lipinski definition) is 8. The van der Waals surface area contributed by atoms with Gasteiger partial charge in [-0.05, 0) is 24.3 Å². The number of benzene rings is 2. The Hall–Kier alpha value is -2.85. The fourth-order valence-corrected chi connectivity index (χ4v) is 3.13. The van der Waals surface area contributed by atoms with Crippen LogP contribution in [0.25, 0.3) is 0 Å². The monoisotopic (exact) mass is 428 g/mol. The van der Waals surface area contributed by atoms with Crippen molar-refractivity contribution in [1.29, 1.82) is 0 Å². The van der Waals surface area contributed by atoms with Crippen LogP contribution in [-0.2, 0) is 19.4 Å². The first-order valence-corrected chi connectivity index (χ1v) is 10.2. The molecule has 0 atom stereocenters. The van der Waals surface area contributed by atoms with Crippen molar-refractivity contribution in [2.24, 2.45) is 0 Å². The van der Waals surface area contributed by atoms with Crippen LogP contribution in [0.3, 0.4) is 0 Å². The van der Waals surface area contributed by atoms with E-state index < -0.39 is 20.7 Å². The van der Waals surface area contributed by atoms with Gasteiger partial charge in [-0.1, -0.05) is 11.6 Å². The Morgan fingerprint density at radius 1 is 1.25 bits per heavy atom. The highest BCUT2D eigenvalue weighted by atomic mass is 35.5. The summed E-state index contributed by atoms with van der Waals surface area (Å²) >= 11 is 6.08. The van der Waals surface area contributed by atoms with Crippen LogP contribution in [0.4, 0.5) is 11.4 Å². The molecule has 0 heterocycles. The van der Waals surface area contributed by atoms with Gasteiger partial charge in [-0.15, -0.1) is 0 Å². The smallest absolute Gasteiger partial charge is 0.307 e. The minimum atomic E-state index is -3.42. The van der Waals surface area contributed by atoms with Crippen LogP contribution in [0, 0.1) is 10.1 Å². The average molecular weight is 429 g/mol. The lowest BCUT2D eigenvalue weighted by atomic mass is 10.2. The molecule has 0 aliphatic rings. The Labute approximate surface area is 166 Å². The number of esters is 1. The molecular weight excluding hydrogens is 412 g/mol. The largest absolute Gasteiger partial charge is 0.469 e. The summed E-state index contributed by atoms with van der Waals surface area (Å²) in [6, 6.07) is 8.00. The molecule has 0 fully saturated rings. The highest BCUT2D eigenvalue weighted by Crippen LogP contribution is 2.35. The van der Waals surface area contributed by atoms with E-state index in [0.717, 1.165) is 6.26 Å². The molecule has 0 aromatic heterocycles. The molecule has 0 bridgehead atoms. The highest BCUT2D eigenvalue weighted by Gasteiger charge is 2.17. The van der Waals surface area contributed by atoms with E-state index in [2.05, 4.69) is 10.1 Å². The Bertz CT molecular complexity index is 1010. The van der Waals surface area contributed by atoms with Crippen LogP contribution >= 0.6 is 11.6 Å². The molecule has 0 amide bonds. The standard InChI is InChI=1S/C17H17ClN2O7S/c1-26-17(21)7-8-19-14-9-11(3-5-15(14)20(22)23)27-16-6-4-12(10-13(16)18)28(2,24)25/h3-6,9-10,19H,7-8H2,1-2H3. The second-order valence-corrected chi connectivity index (χ2v) is 8.08. The normalized spacial score (nSPS) is 11.0. The van der Waals surface area contributed by atoms with Crippen molar-refractivity contribution >= 4 is 38.8 Å². The van der Waals surface area contributed by atoms with Crippen LogP contribution in [0.15, 0.2) is 41.3 Å². The highest BCUT2D eigenvalue weighted by molar-refractivity contribution is 7.90. The second-order valence-electron chi connectivity index (χ2n) is 5.66. The van der Waals surface area contributed by atoms with Crippen molar-refractivity contribution < 1.29 is 27.6 Å². The number of hydrogen-bond donors (Lipinski definition) is 1. The Kier molecular flexibility index (Phi) is 6.81. The number of halogens is 1. The first kappa shape index (κ1) is 21.5. The van der Waals surface area contributed by atoms with E-state index in [0.29, 0.717) is 0 Å².